The van der Waals surface area contributed by atoms with Crippen LogP contribution in [0.4, 0.5) is 10.1 Å². The zero-order valence-electron chi connectivity index (χ0n) is 17.8. The summed E-state index contributed by atoms with van der Waals surface area (Å²) in [6, 6.07) is 12.8. The maximum absolute atomic E-state index is 13.4. The van der Waals surface area contributed by atoms with Gasteiger partial charge in [0.05, 0.1) is 11.8 Å². The standard InChI is InChI=1S/C22H24FN5O2S/c1-14(27(3)4)21-25-26-22(28(21)19-10-8-17(23)9-11-19)31-13-20(30)24-18-7-5-6-16(12-18)15(2)29/h5-12,14H,13H2,1-4H3,(H,24,30)/t14-/m1/s1. The van der Waals surface area contributed by atoms with Gasteiger partial charge in [-0.15, -0.1) is 10.2 Å². The van der Waals surface area contributed by atoms with Crippen molar-refractivity contribution in [3.05, 3.63) is 65.7 Å². The first-order chi connectivity index (χ1) is 14.8. The van der Waals surface area contributed by atoms with E-state index >= 15 is 0 Å². The molecule has 0 aliphatic carbocycles. The summed E-state index contributed by atoms with van der Waals surface area (Å²) in [7, 11) is 3.87. The quantitative estimate of drug-likeness (QED) is 0.421. The van der Waals surface area contributed by atoms with Crippen molar-refractivity contribution in [3.63, 3.8) is 0 Å². The molecule has 0 saturated heterocycles. The fraction of sp³-hybridized carbons (Fsp3) is 0.273. The first-order valence-corrected chi connectivity index (χ1v) is 10.7. The maximum atomic E-state index is 13.4. The number of anilines is 1. The van der Waals surface area contributed by atoms with E-state index in [9.17, 15) is 14.0 Å². The van der Waals surface area contributed by atoms with Gasteiger partial charge in [-0.25, -0.2) is 4.39 Å². The summed E-state index contributed by atoms with van der Waals surface area (Å²) < 4.78 is 15.3. The van der Waals surface area contributed by atoms with Gasteiger partial charge in [0.2, 0.25) is 5.91 Å². The van der Waals surface area contributed by atoms with Gasteiger partial charge in [0, 0.05) is 16.9 Å². The number of nitrogens with zero attached hydrogens (tertiary/aromatic N) is 4. The van der Waals surface area contributed by atoms with Gasteiger partial charge in [-0.3, -0.25) is 19.1 Å². The lowest BCUT2D eigenvalue weighted by molar-refractivity contribution is -0.113. The van der Waals surface area contributed by atoms with Crippen molar-refractivity contribution < 1.29 is 14.0 Å². The molecule has 0 bridgehead atoms. The van der Waals surface area contributed by atoms with E-state index in [1.807, 2.05) is 30.5 Å². The molecular weight excluding hydrogens is 417 g/mol. The second-order valence-corrected chi connectivity index (χ2v) is 8.21. The average molecular weight is 442 g/mol. The third kappa shape index (κ3) is 5.56. The average Bonchev–Trinajstić information content (AvgIpc) is 3.16. The maximum Gasteiger partial charge on any atom is 0.234 e. The third-order valence-electron chi connectivity index (χ3n) is 4.78. The van der Waals surface area contributed by atoms with Crippen LogP contribution in [0.15, 0.2) is 53.7 Å². The van der Waals surface area contributed by atoms with Gasteiger partial charge in [0.1, 0.15) is 5.82 Å². The second-order valence-electron chi connectivity index (χ2n) is 7.27. The minimum Gasteiger partial charge on any atom is -0.325 e. The van der Waals surface area contributed by atoms with E-state index in [0.29, 0.717) is 27.9 Å². The Balaban J connectivity index is 1.79. The van der Waals surface area contributed by atoms with E-state index in [2.05, 4.69) is 15.5 Å². The molecule has 0 saturated carbocycles. The molecular formula is C22H24FN5O2S. The van der Waals surface area contributed by atoms with Crippen molar-refractivity contribution in [3.8, 4) is 5.69 Å². The van der Waals surface area contributed by atoms with Gasteiger partial charge in [-0.2, -0.15) is 0 Å². The Bertz CT molecular complexity index is 1080. The number of rotatable bonds is 8. The van der Waals surface area contributed by atoms with Gasteiger partial charge in [-0.1, -0.05) is 23.9 Å². The van der Waals surface area contributed by atoms with Crippen LogP contribution in [0.1, 0.15) is 36.1 Å². The number of amides is 1. The van der Waals surface area contributed by atoms with Crippen molar-refractivity contribution in [1.29, 1.82) is 0 Å². The normalized spacial score (nSPS) is 12.1. The van der Waals surface area contributed by atoms with E-state index in [1.54, 1.807) is 36.4 Å². The highest BCUT2D eigenvalue weighted by Gasteiger charge is 2.21. The topological polar surface area (TPSA) is 80.1 Å². The van der Waals surface area contributed by atoms with Crippen LogP contribution < -0.4 is 5.32 Å². The van der Waals surface area contributed by atoms with E-state index in [0.717, 1.165) is 0 Å². The number of halogens is 1. The number of carbonyl (C=O) groups excluding carboxylic acids is 2. The molecule has 1 amide bonds. The number of Topliss-reactive ketones (excluding diaryl/α,β-unsaturated/α-hetero) is 1. The van der Waals surface area contributed by atoms with E-state index in [4.69, 9.17) is 0 Å². The first-order valence-electron chi connectivity index (χ1n) is 9.67. The Morgan fingerprint density at radius 3 is 2.52 bits per heavy atom. The summed E-state index contributed by atoms with van der Waals surface area (Å²) in [5.74, 6) is 0.149. The first kappa shape index (κ1) is 22.6. The molecule has 0 aliphatic heterocycles. The van der Waals surface area contributed by atoms with E-state index < -0.39 is 0 Å². The molecule has 3 aromatic rings. The fourth-order valence-corrected chi connectivity index (χ4v) is 3.61. The van der Waals surface area contributed by atoms with Gasteiger partial charge >= 0.3 is 0 Å². The molecule has 7 nitrogen and oxygen atoms in total. The SMILES string of the molecule is CC(=O)c1cccc(NC(=O)CSc2nnc([C@@H](C)N(C)C)n2-c2ccc(F)cc2)c1. The molecule has 3 rings (SSSR count). The second kappa shape index (κ2) is 9.84. The lowest BCUT2D eigenvalue weighted by atomic mass is 10.1. The molecule has 0 unspecified atom stereocenters. The number of thioether (sulfide) groups is 1. The summed E-state index contributed by atoms with van der Waals surface area (Å²) in [5, 5.41) is 11.9. The molecule has 0 radical (unpaired) electrons. The van der Waals surface area contributed by atoms with Gasteiger partial charge in [-0.05, 0) is 64.3 Å². The van der Waals surface area contributed by atoms with Crippen LogP contribution in [0.2, 0.25) is 0 Å². The number of carbonyl (C=O) groups is 2. The van der Waals surface area contributed by atoms with E-state index in [-0.39, 0.29) is 29.3 Å². The highest BCUT2D eigenvalue weighted by molar-refractivity contribution is 7.99. The lowest BCUT2D eigenvalue weighted by Gasteiger charge is -2.20. The molecule has 1 aromatic heterocycles. The summed E-state index contributed by atoms with van der Waals surface area (Å²) in [5.41, 5.74) is 1.80. The van der Waals surface area contributed by atoms with Crippen LogP contribution in [-0.2, 0) is 4.79 Å². The third-order valence-corrected chi connectivity index (χ3v) is 5.71. The zero-order chi connectivity index (χ0) is 22.5. The van der Waals surface area contributed by atoms with Gasteiger partial charge in [0.25, 0.3) is 0 Å². The smallest absolute Gasteiger partial charge is 0.234 e. The number of nitrogens with one attached hydrogen (secondary N) is 1. The molecule has 1 N–H and O–H groups in total. The van der Waals surface area contributed by atoms with Crippen molar-refractivity contribution in [2.75, 3.05) is 25.2 Å². The molecule has 1 heterocycles. The van der Waals surface area contributed by atoms with Crippen LogP contribution >= 0.6 is 11.8 Å². The molecule has 0 aliphatic rings. The van der Waals surface area contributed by atoms with Gasteiger partial charge in [0.15, 0.2) is 16.8 Å². The molecule has 0 fully saturated rings. The van der Waals surface area contributed by atoms with Crippen molar-refractivity contribution >= 4 is 29.1 Å². The van der Waals surface area contributed by atoms with Crippen LogP contribution in [0.25, 0.3) is 5.69 Å². The molecule has 1 atom stereocenters. The summed E-state index contributed by atoms with van der Waals surface area (Å²) in [6.07, 6.45) is 0. The Morgan fingerprint density at radius 1 is 1.16 bits per heavy atom. The van der Waals surface area contributed by atoms with Crippen molar-refractivity contribution in [2.45, 2.75) is 25.0 Å². The number of hydrogen-bond acceptors (Lipinski definition) is 6. The lowest BCUT2D eigenvalue weighted by Crippen LogP contribution is -2.21. The zero-order valence-corrected chi connectivity index (χ0v) is 18.6. The summed E-state index contributed by atoms with van der Waals surface area (Å²) in [6.45, 7) is 3.47. The number of ketones is 1. The van der Waals surface area contributed by atoms with E-state index in [1.165, 1.54) is 30.8 Å². The molecule has 31 heavy (non-hydrogen) atoms. The monoisotopic (exact) mass is 441 g/mol. The number of aromatic nitrogens is 3. The molecule has 2 aromatic carbocycles. The summed E-state index contributed by atoms with van der Waals surface area (Å²) in [4.78, 5) is 26.0. The van der Waals surface area contributed by atoms with Gasteiger partial charge < -0.3 is 5.32 Å². The molecule has 162 valence electrons. The number of benzene rings is 2. The minimum atomic E-state index is -0.333. The Kier molecular flexibility index (Phi) is 7.19. The Hall–Kier alpha value is -3.04. The Morgan fingerprint density at radius 2 is 1.87 bits per heavy atom. The summed E-state index contributed by atoms with van der Waals surface area (Å²) >= 11 is 1.23. The van der Waals surface area contributed by atoms with Crippen LogP contribution in [-0.4, -0.2) is 51.2 Å². The van der Waals surface area contributed by atoms with Crippen molar-refractivity contribution in [1.82, 2.24) is 19.7 Å². The largest absolute Gasteiger partial charge is 0.325 e. The Labute approximate surface area is 184 Å². The predicted molar refractivity (Wildman–Crippen MR) is 119 cm³/mol. The van der Waals surface area contributed by atoms with Crippen LogP contribution in [0.5, 0.6) is 0 Å². The number of hydrogen-bond donors (Lipinski definition) is 1. The highest BCUT2D eigenvalue weighted by atomic mass is 32.2. The highest BCUT2D eigenvalue weighted by Crippen LogP contribution is 2.27. The van der Waals surface area contributed by atoms with Crippen molar-refractivity contribution in [2.24, 2.45) is 0 Å². The van der Waals surface area contributed by atoms with Crippen LogP contribution in [0.3, 0.4) is 0 Å². The fourth-order valence-electron chi connectivity index (χ4n) is 2.85. The predicted octanol–water partition coefficient (Wildman–Crippen LogP) is 3.96. The van der Waals surface area contributed by atoms with Crippen LogP contribution in [0, 0.1) is 5.82 Å². The minimum absolute atomic E-state index is 0.0462. The molecule has 0 spiro atoms. The molecule has 9 heteroatoms.